The molecule has 2 N–H and O–H groups in total. The molecule has 0 bridgehead atoms. The van der Waals surface area contributed by atoms with Gasteiger partial charge >= 0.3 is 0 Å². The molecule has 4 rings (SSSR count). The van der Waals surface area contributed by atoms with Crippen LogP contribution in [0, 0.1) is 0 Å². The van der Waals surface area contributed by atoms with E-state index in [9.17, 15) is 9.90 Å². The summed E-state index contributed by atoms with van der Waals surface area (Å²) in [6.45, 7) is 2.48. The minimum absolute atomic E-state index is 0.235. The summed E-state index contributed by atoms with van der Waals surface area (Å²) in [5.41, 5.74) is 3.05. The van der Waals surface area contributed by atoms with Crippen molar-refractivity contribution in [2.75, 3.05) is 13.2 Å². The molecule has 37 heavy (non-hydrogen) atoms. The number of hydrogen-bond acceptors (Lipinski definition) is 6. The molecule has 0 spiro atoms. The predicted molar refractivity (Wildman–Crippen MR) is 139 cm³/mol. The van der Waals surface area contributed by atoms with Crippen LogP contribution in [0.1, 0.15) is 23.6 Å². The number of aliphatic hydroxyl groups excluding tert-OH is 1. The molecular weight excluding hydrogens is 470 g/mol. The highest BCUT2D eigenvalue weighted by molar-refractivity contribution is 5.73. The Balaban J connectivity index is 1.56. The Hall–Kier alpha value is -3.07. The summed E-state index contributed by atoms with van der Waals surface area (Å²) in [5, 5.41) is 13.1. The lowest BCUT2D eigenvalue weighted by Crippen LogP contribution is -2.66. The SMILES string of the molecule is CC(=O)NC1C(CO)OC(COCc2ccccc2)[C@@H](OCc2ccccc2)[C@H]1OCc1ccccc1. The lowest BCUT2D eigenvalue weighted by Gasteiger charge is -2.46. The first-order chi connectivity index (χ1) is 18.1. The molecule has 0 aromatic heterocycles. The van der Waals surface area contributed by atoms with Crippen LogP contribution >= 0.6 is 0 Å². The van der Waals surface area contributed by atoms with Gasteiger partial charge in [-0.2, -0.15) is 0 Å². The van der Waals surface area contributed by atoms with Crippen molar-refractivity contribution in [1.29, 1.82) is 0 Å². The molecule has 1 saturated heterocycles. The second kappa shape index (κ2) is 14.0. The lowest BCUT2D eigenvalue weighted by molar-refractivity contribution is -0.237. The first-order valence-corrected chi connectivity index (χ1v) is 12.6. The Morgan fingerprint density at radius 1 is 0.757 bits per heavy atom. The third kappa shape index (κ3) is 7.95. The Kier molecular flexibility index (Phi) is 10.2. The van der Waals surface area contributed by atoms with Gasteiger partial charge in [0.15, 0.2) is 0 Å². The third-order valence-corrected chi connectivity index (χ3v) is 6.31. The van der Waals surface area contributed by atoms with E-state index < -0.39 is 30.5 Å². The van der Waals surface area contributed by atoms with Crippen molar-refractivity contribution in [3.63, 3.8) is 0 Å². The van der Waals surface area contributed by atoms with Crippen molar-refractivity contribution in [2.24, 2.45) is 0 Å². The summed E-state index contributed by atoms with van der Waals surface area (Å²) in [5.74, 6) is -0.235. The molecule has 0 radical (unpaired) electrons. The maximum Gasteiger partial charge on any atom is 0.217 e. The smallest absolute Gasteiger partial charge is 0.217 e. The predicted octanol–water partition coefficient (Wildman–Crippen LogP) is 3.64. The van der Waals surface area contributed by atoms with Crippen LogP contribution < -0.4 is 5.32 Å². The quantitative estimate of drug-likeness (QED) is 0.391. The summed E-state index contributed by atoms with van der Waals surface area (Å²) < 4.78 is 25.2. The molecule has 0 aliphatic carbocycles. The number of hydrogen-bond donors (Lipinski definition) is 2. The largest absolute Gasteiger partial charge is 0.394 e. The molecular formula is C30H35NO6. The first kappa shape index (κ1) is 27.0. The standard InChI is InChI=1S/C30H35NO6/c1-22(33)31-28-26(17-32)37-27(21-34-18-23-11-5-2-6-12-23)29(35-19-24-13-7-3-8-14-24)30(28)36-20-25-15-9-4-10-16-25/h2-16,26-30,32H,17-21H2,1H3,(H,31,33)/t26?,27?,28?,29-,30+/m1/s1. The highest BCUT2D eigenvalue weighted by Gasteiger charge is 2.47. The van der Waals surface area contributed by atoms with Crippen LogP contribution in [-0.4, -0.2) is 54.7 Å². The van der Waals surface area contributed by atoms with Crippen molar-refractivity contribution in [3.05, 3.63) is 108 Å². The van der Waals surface area contributed by atoms with E-state index in [1.807, 2.05) is 91.0 Å². The number of ether oxygens (including phenoxy) is 4. The molecule has 1 amide bonds. The zero-order chi connectivity index (χ0) is 25.9. The summed E-state index contributed by atoms with van der Waals surface area (Å²) in [6, 6.07) is 29.0. The average Bonchev–Trinajstić information content (AvgIpc) is 2.93. The zero-order valence-electron chi connectivity index (χ0n) is 21.1. The maximum atomic E-state index is 12.1. The number of rotatable bonds is 12. The van der Waals surface area contributed by atoms with Gasteiger partial charge in [-0.25, -0.2) is 0 Å². The van der Waals surface area contributed by atoms with Crippen molar-refractivity contribution >= 4 is 5.91 Å². The lowest BCUT2D eigenvalue weighted by atomic mass is 9.92. The normalized spacial score (nSPS) is 23.5. The second-order valence-electron chi connectivity index (χ2n) is 9.15. The fraction of sp³-hybridized carbons (Fsp3) is 0.367. The van der Waals surface area contributed by atoms with E-state index >= 15 is 0 Å². The third-order valence-electron chi connectivity index (χ3n) is 6.31. The monoisotopic (exact) mass is 505 g/mol. The highest BCUT2D eigenvalue weighted by atomic mass is 16.6. The Labute approximate surface area is 218 Å². The van der Waals surface area contributed by atoms with Gasteiger partial charge in [0, 0.05) is 6.92 Å². The van der Waals surface area contributed by atoms with E-state index in [0.717, 1.165) is 16.7 Å². The molecule has 196 valence electrons. The summed E-state index contributed by atoms with van der Waals surface area (Å²) in [4.78, 5) is 12.1. The van der Waals surface area contributed by atoms with Gasteiger partial charge in [-0.1, -0.05) is 91.0 Å². The molecule has 7 nitrogen and oxygen atoms in total. The number of carbonyl (C=O) groups excluding carboxylic acids is 1. The summed E-state index contributed by atoms with van der Waals surface area (Å²) in [7, 11) is 0. The van der Waals surface area contributed by atoms with Gasteiger partial charge in [-0.15, -0.1) is 0 Å². The molecule has 1 aliphatic rings. The number of nitrogens with one attached hydrogen (secondary N) is 1. The van der Waals surface area contributed by atoms with Gasteiger partial charge in [0.05, 0.1) is 39.1 Å². The highest BCUT2D eigenvalue weighted by Crippen LogP contribution is 2.28. The number of benzene rings is 3. The van der Waals surface area contributed by atoms with Crippen LogP contribution in [0.2, 0.25) is 0 Å². The zero-order valence-corrected chi connectivity index (χ0v) is 21.1. The second-order valence-corrected chi connectivity index (χ2v) is 9.15. The van der Waals surface area contributed by atoms with Crippen LogP contribution in [0.25, 0.3) is 0 Å². The maximum absolute atomic E-state index is 12.1. The van der Waals surface area contributed by atoms with E-state index in [1.54, 1.807) is 0 Å². The van der Waals surface area contributed by atoms with Crippen LogP contribution in [0.15, 0.2) is 91.0 Å². The topological polar surface area (TPSA) is 86.3 Å². The van der Waals surface area contributed by atoms with Gasteiger partial charge < -0.3 is 29.4 Å². The van der Waals surface area contributed by atoms with E-state index in [-0.39, 0.29) is 19.1 Å². The van der Waals surface area contributed by atoms with Gasteiger partial charge in [0.1, 0.15) is 24.4 Å². The number of carbonyl (C=O) groups is 1. The summed E-state index contributed by atoms with van der Waals surface area (Å²) in [6.07, 6.45) is -2.33. The molecule has 3 aromatic carbocycles. The van der Waals surface area contributed by atoms with E-state index in [1.165, 1.54) is 6.92 Å². The molecule has 3 aromatic rings. The fourth-order valence-electron chi connectivity index (χ4n) is 4.52. The molecule has 1 heterocycles. The van der Waals surface area contributed by atoms with Crippen molar-refractivity contribution in [1.82, 2.24) is 5.32 Å². The van der Waals surface area contributed by atoms with Crippen molar-refractivity contribution in [2.45, 2.75) is 57.2 Å². The van der Waals surface area contributed by atoms with E-state index in [0.29, 0.717) is 19.8 Å². The average molecular weight is 506 g/mol. The Morgan fingerprint density at radius 3 is 1.73 bits per heavy atom. The van der Waals surface area contributed by atoms with Crippen molar-refractivity contribution < 1.29 is 28.8 Å². The first-order valence-electron chi connectivity index (χ1n) is 12.6. The van der Waals surface area contributed by atoms with Crippen molar-refractivity contribution in [3.8, 4) is 0 Å². The van der Waals surface area contributed by atoms with Gasteiger partial charge in [0.2, 0.25) is 5.91 Å². The Morgan fingerprint density at radius 2 is 1.24 bits per heavy atom. The van der Waals surface area contributed by atoms with Crippen LogP contribution in [0.4, 0.5) is 0 Å². The molecule has 3 unspecified atom stereocenters. The number of aliphatic hydroxyl groups is 1. The molecule has 5 atom stereocenters. The Bertz CT molecular complexity index is 1070. The van der Waals surface area contributed by atoms with Crippen LogP contribution in [0.3, 0.4) is 0 Å². The molecule has 1 aliphatic heterocycles. The summed E-state index contributed by atoms with van der Waals surface area (Å²) >= 11 is 0. The van der Waals surface area contributed by atoms with Gasteiger partial charge in [-0.3, -0.25) is 4.79 Å². The van der Waals surface area contributed by atoms with E-state index in [2.05, 4.69) is 5.32 Å². The van der Waals surface area contributed by atoms with Gasteiger partial charge in [0.25, 0.3) is 0 Å². The number of amides is 1. The minimum atomic E-state index is -0.674. The van der Waals surface area contributed by atoms with Gasteiger partial charge in [-0.05, 0) is 16.7 Å². The van der Waals surface area contributed by atoms with Crippen LogP contribution in [0.5, 0.6) is 0 Å². The molecule has 0 saturated carbocycles. The minimum Gasteiger partial charge on any atom is -0.394 e. The fourth-order valence-corrected chi connectivity index (χ4v) is 4.52. The van der Waals surface area contributed by atoms with Crippen LogP contribution in [-0.2, 0) is 43.6 Å². The molecule has 1 fully saturated rings. The van der Waals surface area contributed by atoms with E-state index in [4.69, 9.17) is 18.9 Å². The molecule has 7 heteroatoms.